The zero-order valence-electron chi connectivity index (χ0n) is 18.0. The van der Waals surface area contributed by atoms with Crippen molar-refractivity contribution in [2.75, 3.05) is 26.8 Å². The molecule has 0 atom stereocenters. The summed E-state index contributed by atoms with van der Waals surface area (Å²) in [6.45, 7) is 5.74. The number of fused-ring (bicyclic) bond motifs is 1. The lowest BCUT2D eigenvalue weighted by Crippen LogP contribution is -2.26. The van der Waals surface area contributed by atoms with Crippen LogP contribution in [-0.4, -0.2) is 47.2 Å². The van der Waals surface area contributed by atoms with Gasteiger partial charge in [-0.3, -0.25) is 9.69 Å². The van der Waals surface area contributed by atoms with Crippen molar-refractivity contribution in [3.63, 3.8) is 0 Å². The Morgan fingerprint density at radius 3 is 2.61 bits per heavy atom. The molecule has 1 aromatic heterocycles. The maximum Gasteiger partial charge on any atom is 0.269 e. The van der Waals surface area contributed by atoms with E-state index >= 15 is 0 Å². The maximum absolute atomic E-state index is 12.1. The Kier molecular flexibility index (Phi) is 6.23. The van der Waals surface area contributed by atoms with Crippen LogP contribution in [0.5, 0.6) is 11.5 Å². The largest absolute Gasteiger partial charge is 0.493 e. The number of carbonyl (C=O) groups is 1. The molecule has 2 N–H and O–H groups in total. The molecule has 162 valence electrons. The van der Waals surface area contributed by atoms with Crippen molar-refractivity contribution in [3.05, 3.63) is 65.5 Å². The van der Waals surface area contributed by atoms with Crippen LogP contribution in [0, 0.1) is 0 Å². The van der Waals surface area contributed by atoms with E-state index in [0.29, 0.717) is 18.7 Å². The van der Waals surface area contributed by atoms with E-state index in [9.17, 15) is 4.79 Å². The second-order valence-electron chi connectivity index (χ2n) is 7.56. The molecule has 0 saturated carbocycles. The van der Waals surface area contributed by atoms with Gasteiger partial charge in [-0.25, -0.2) is 4.98 Å². The number of rotatable bonds is 7. The van der Waals surface area contributed by atoms with Crippen molar-refractivity contribution in [1.82, 2.24) is 14.5 Å². The number of primary amides is 1. The SMILES string of the molecule is CCOc1ccc(CN2CCc3c(C(N)=O)nc(-c4ccccc4)n3CC2)cc1OC. The third-order valence-corrected chi connectivity index (χ3v) is 5.58. The van der Waals surface area contributed by atoms with Crippen molar-refractivity contribution < 1.29 is 14.3 Å². The van der Waals surface area contributed by atoms with Crippen LogP contribution in [0.1, 0.15) is 28.7 Å². The van der Waals surface area contributed by atoms with Gasteiger partial charge in [0.1, 0.15) is 11.5 Å². The van der Waals surface area contributed by atoms with Crippen LogP contribution < -0.4 is 15.2 Å². The molecule has 7 nitrogen and oxygen atoms in total. The normalized spacial score (nSPS) is 14.0. The quantitative estimate of drug-likeness (QED) is 0.635. The van der Waals surface area contributed by atoms with E-state index in [1.54, 1.807) is 7.11 Å². The number of nitrogens with two attached hydrogens (primary N) is 1. The van der Waals surface area contributed by atoms with Gasteiger partial charge in [0, 0.05) is 38.2 Å². The number of methoxy groups -OCH3 is 1. The number of benzene rings is 2. The average molecular weight is 421 g/mol. The molecule has 0 aliphatic carbocycles. The molecule has 0 saturated heterocycles. The highest BCUT2D eigenvalue weighted by Crippen LogP contribution is 2.29. The highest BCUT2D eigenvalue weighted by Gasteiger charge is 2.25. The van der Waals surface area contributed by atoms with E-state index in [1.165, 1.54) is 0 Å². The first-order valence-corrected chi connectivity index (χ1v) is 10.6. The van der Waals surface area contributed by atoms with E-state index in [0.717, 1.165) is 60.3 Å². The molecule has 2 aromatic carbocycles. The molecule has 1 aliphatic rings. The van der Waals surface area contributed by atoms with Crippen molar-refractivity contribution in [2.24, 2.45) is 5.73 Å². The van der Waals surface area contributed by atoms with Gasteiger partial charge in [0.2, 0.25) is 0 Å². The van der Waals surface area contributed by atoms with Crippen LogP contribution in [0.2, 0.25) is 0 Å². The van der Waals surface area contributed by atoms with E-state index in [2.05, 4.69) is 20.5 Å². The zero-order valence-corrected chi connectivity index (χ0v) is 18.0. The second kappa shape index (κ2) is 9.22. The minimum Gasteiger partial charge on any atom is -0.493 e. The van der Waals surface area contributed by atoms with Crippen molar-refractivity contribution >= 4 is 5.91 Å². The van der Waals surface area contributed by atoms with E-state index < -0.39 is 5.91 Å². The summed E-state index contributed by atoms with van der Waals surface area (Å²) in [6.07, 6.45) is 0.715. The van der Waals surface area contributed by atoms with Gasteiger partial charge < -0.3 is 19.8 Å². The van der Waals surface area contributed by atoms with Gasteiger partial charge in [-0.15, -0.1) is 0 Å². The molecule has 2 heterocycles. The smallest absolute Gasteiger partial charge is 0.269 e. The summed E-state index contributed by atoms with van der Waals surface area (Å²) < 4.78 is 13.3. The summed E-state index contributed by atoms with van der Waals surface area (Å²) in [5.74, 6) is 1.82. The van der Waals surface area contributed by atoms with Gasteiger partial charge in [-0.05, 0) is 24.6 Å². The predicted molar refractivity (Wildman–Crippen MR) is 119 cm³/mol. The van der Waals surface area contributed by atoms with Crippen molar-refractivity contribution in [1.29, 1.82) is 0 Å². The van der Waals surface area contributed by atoms with E-state index in [4.69, 9.17) is 15.2 Å². The van der Waals surface area contributed by atoms with Crippen LogP contribution in [-0.2, 0) is 19.5 Å². The summed E-state index contributed by atoms with van der Waals surface area (Å²) in [6, 6.07) is 16.0. The van der Waals surface area contributed by atoms with Crippen LogP contribution in [0.3, 0.4) is 0 Å². The molecule has 1 aliphatic heterocycles. The molecule has 0 radical (unpaired) electrons. The summed E-state index contributed by atoms with van der Waals surface area (Å²) in [5.41, 5.74) is 9.09. The first kappa shape index (κ1) is 20.9. The standard InChI is InChI=1S/C24H28N4O3/c1-3-31-20-10-9-17(15-21(20)30-2)16-27-12-11-19-22(23(25)29)26-24(28(19)14-13-27)18-7-5-4-6-8-18/h4-10,15H,3,11-14,16H2,1-2H3,(H2,25,29). The summed E-state index contributed by atoms with van der Waals surface area (Å²) in [4.78, 5) is 19.0. The highest BCUT2D eigenvalue weighted by atomic mass is 16.5. The molecule has 7 heteroatoms. The Hall–Kier alpha value is -3.32. The number of carbonyl (C=O) groups excluding carboxylic acids is 1. The van der Waals surface area contributed by atoms with Gasteiger partial charge in [0.15, 0.2) is 11.5 Å². The Bertz CT molecular complexity index is 1060. The molecule has 0 spiro atoms. The van der Waals surface area contributed by atoms with Crippen LogP contribution in [0.25, 0.3) is 11.4 Å². The topological polar surface area (TPSA) is 82.6 Å². The predicted octanol–water partition coefficient (Wildman–Crippen LogP) is 3.11. The Morgan fingerprint density at radius 1 is 1.10 bits per heavy atom. The minimum atomic E-state index is -0.476. The Balaban J connectivity index is 1.56. The lowest BCUT2D eigenvalue weighted by atomic mass is 10.1. The summed E-state index contributed by atoms with van der Waals surface area (Å²) in [7, 11) is 1.66. The van der Waals surface area contributed by atoms with Gasteiger partial charge >= 0.3 is 0 Å². The monoisotopic (exact) mass is 420 g/mol. The van der Waals surface area contributed by atoms with Gasteiger partial charge in [-0.2, -0.15) is 0 Å². The first-order valence-electron chi connectivity index (χ1n) is 10.6. The van der Waals surface area contributed by atoms with E-state index in [1.807, 2.05) is 49.4 Å². The third kappa shape index (κ3) is 4.41. The molecule has 3 aromatic rings. The number of aromatic nitrogens is 2. The average Bonchev–Trinajstić information content (AvgIpc) is 3.04. The number of hydrogen-bond acceptors (Lipinski definition) is 5. The number of amides is 1. The number of nitrogens with zero attached hydrogens (tertiary/aromatic N) is 3. The molecule has 0 bridgehead atoms. The Labute approximate surface area is 182 Å². The number of hydrogen-bond donors (Lipinski definition) is 1. The second-order valence-corrected chi connectivity index (χ2v) is 7.56. The fourth-order valence-corrected chi connectivity index (χ4v) is 4.10. The van der Waals surface area contributed by atoms with Crippen molar-refractivity contribution in [3.8, 4) is 22.9 Å². The fraction of sp³-hybridized carbons (Fsp3) is 0.333. The number of ether oxygens (including phenoxy) is 2. The zero-order chi connectivity index (χ0) is 21.8. The van der Waals surface area contributed by atoms with Gasteiger partial charge in [0.05, 0.1) is 19.4 Å². The number of imidazole rings is 1. The van der Waals surface area contributed by atoms with Crippen LogP contribution in [0.15, 0.2) is 48.5 Å². The van der Waals surface area contributed by atoms with Gasteiger partial charge in [0.25, 0.3) is 5.91 Å². The third-order valence-electron chi connectivity index (χ3n) is 5.58. The molecular weight excluding hydrogens is 392 g/mol. The summed E-state index contributed by atoms with van der Waals surface area (Å²) >= 11 is 0. The molecule has 1 amide bonds. The lowest BCUT2D eigenvalue weighted by Gasteiger charge is -2.20. The minimum absolute atomic E-state index is 0.378. The highest BCUT2D eigenvalue weighted by molar-refractivity contribution is 5.93. The van der Waals surface area contributed by atoms with Crippen LogP contribution >= 0.6 is 0 Å². The van der Waals surface area contributed by atoms with Crippen molar-refractivity contribution in [2.45, 2.75) is 26.4 Å². The lowest BCUT2D eigenvalue weighted by molar-refractivity contribution is 0.0995. The molecular formula is C24H28N4O3. The van der Waals surface area contributed by atoms with Crippen LogP contribution in [0.4, 0.5) is 0 Å². The molecule has 4 rings (SSSR count). The fourth-order valence-electron chi connectivity index (χ4n) is 4.10. The van der Waals surface area contributed by atoms with E-state index in [-0.39, 0.29) is 0 Å². The van der Waals surface area contributed by atoms with Gasteiger partial charge in [-0.1, -0.05) is 36.4 Å². The Morgan fingerprint density at radius 2 is 1.90 bits per heavy atom. The molecule has 0 unspecified atom stereocenters. The molecule has 31 heavy (non-hydrogen) atoms. The maximum atomic E-state index is 12.1. The first-order chi connectivity index (χ1) is 15.1. The molecule has 0 fully saturated rings. The summed E-state index contributed by atoms with van der Waals surface area (Å²) in [5, 5.41) is 0.